The molecule has 2 unspecified atom stereocenters. The summed E-state index contributed by atoms with van der Waals surface area (Å²) in [5.41, 5.74) is 0.169. The Kier molecular flexibility index (Phi) is 4.76. The quantitative estimate of drug-likeness (QED) is 0.895. The highest BCUT2D eigenvalue weighted by atomic mass is 79.9. The zero-order valence-corrected chi connectivity index (χ0v) is 11.7. The second-order valence-electron chi connectivity index (χ2n) is 4.98. The first-order valence-corrected chi connectivity index (χ1v) is 7.20. The summed E-state index contributed by atoms with van der Waals surface area (Å²) in [7, 11) is 0. The molecule has 1 aliphatic carbocycles. The van der Waals surface area contributed by atoms with Crippen molar-refractivity contribution in [3.05, 3.63) is 34.1 Å². The molecule has 1 saturated carbocycles. The van der Waals surface area contributed by atoms with E-state index in [0.29, 0.717) is 4.47 Å². The van der Waals surface area contributed by atoms with E-state index in [1.165, 1.54) is 12.5 Å². The molecule has 0 saturated heterocycles. The Morgan fingerprint density at radius 3 is 2.50 bits per heavy atom. The summed E-state index contributed by atoms with van der Waals surface area (Å²) in [6, 6.07) is 4.77. The molecular weight excluding hydrogens is 299 g/mol. The van der Waals surface area contributed by atoms with Gasteiger partial charge in [-0.15, -0.1) is 0 Å². The van der Waals surface area contributed by atoms with Crippen molar-refractivity contribution in [2.75, 3.05) is 0 Å². The summed E-state index contributed by atoms with van der Waals surface area (Å²) in [5.74, 6) is -0.410. The fourth-order valence-corrected chi connectivity index (χ4v) is 3.05. The van der Waals surface area contributed by atoms with E-state index in [9.17, 15) is 14.6 Å². The van der Waals surface area contributed by atoms with Gasteiger partial charge < -0.3 is 10.2 Å². The molecule has 0 amide bonds. The molecule has 0 radical (unpaired) electrons. The molecule has 0 spiro atoms. The van der Waals surface area contributed by atoms with E-state index in [-0.39, 0.29) is 11.5 Å². The number of halogens is 2. The molecule has 2 nitrogen and oxygen atoms in total. The molecular formula is C14H18BrFO2. The van der Waals surface area contributed by atoms with Gasteiger partial charge >= 0.3 is 0 Å². The van der Waals surface area contributed by atoms with Crippen LogP contribution >= 0.6 is 15.9 Å². The predicted octanol–water partition coefficient (Wildman–Crippen LogP) is 3.56. The molecule has 2 rings (SSSR count). The molecule has 2 N–H and O–H groups in total. The van der Waals surface area contributed by atoms with Crippen LogP contribution in [0.1, 0.15) is 43.8 Å². The van der Waals surface area contributed by atoms with Crippen molar-refractivity contribution in [3.63, 3.8) is 0 Å². The first-order valence-electron chi connectivity index (χ1n) is 6.41. The Hall–Kier alpha value is -0.450. The summed E-state index contributed by atoms with van der Waals surface area (Å²) in [5, 5.41) is 20.3. The summed E-state index contributed by atoms with van der Waals surface area (Å²) >= 11 is 3.09. The average molecular weight is 317 g/mol. The Labute approximate surface area is 115 Å². The Morgan fingerprint density at radius 2 is 1.83 bits per heavy atom. The topological polar surface area (TPSA) is 40.5 Å². The number of hydrogen-bond donors (Lipinski definition) is 2. The van der Waals surface area contributed by atoms with E-state index >= 15 is 0 Å². The van der Waals surface area contributed by atoms with Crippen molar-refractivity contribution >= 4 is 15.9 Å². The molecule has 4 heteroatoms. The largest absolute Gasteiger partial charge is 0.390 e. The third kappa shape index (κ3) is 2.92. The van der Waals surface area contributed by atoms with E-state index in [1.54, 1.807) is 12.1 Å². The first kappa shape index (κ1) is 14.0. The lowest BCUT2D eigenvalue weighted by molar-refractivity contribution is -0.0301. The van der Waals surface area contributed by atoms with E-state index in [1.807, 2.05) is 0 Å². The Bertz CT molecular complexity index is 405. The van der Waals surface area contributed by atoms with Gasteiger partial charge in [0, 0.05) is 5.56 Å². The van der Waals surface area contributed by atoms with Gasteiger partial charge in [-0.05, 0) is 40.8 Å². The zero-order chi connectivity index (χ0) is 13.1. The summed E-state index contributed by atoms with van der Waals surface area (Å²) < 4.78 is 14.2. The van der Waals surface area contributed by atoms with Crippen LogP contribution < -0.4 is 0 Å². The van der Waals surface area contributed by atoms with Crippen LogP contribution in [0.25, 0.3) is 0 Å². The van der Waals surface area contributed by atoms with Crippen LogP contribution in [-0.2, 0) is 0 Å². The fraction of sp³-hybridized carbons (Fsp3) is 0.571. The van der Waals surface area contributed by atoms with Gasteiger partial charge in [-0.3, -0.25) is 0 Å². The molecule has 0 aromatic heterocycles. The highest BCUT2D eigenvalue weighted by Crippen LogP contribution is 2.34. The third-order valence-corrected chi connectivity index (χ3v) is 4.37. The smallest absolute Gasteiger partial charge is 0.143 e. The lowest BCUT2D eigenvalue weighted by atomic mass is 9.82. The normalized spacial score (nSPS) is 20.7. The van der Waals surface area contributed by atoms with Crippen LogP contribution in [0.15, 0.2) is 22.7 Å². The van der Waals surface area contributed by atoms with Gasteiger partial charge in [-0.25, -0.2) is 4.39 Å². The van der Waals surface area contributed by atoms with Crippen LogP contribution in [0, 0.1) is 11.7 Å². The minimum atomic E-state index is -1.15. The van der Waals surface area contributed by atoms with Crippen molar-refractivity contribution in [1.82, 2.24) is 0 Å². The van der Waals surface area contributed by atoms with Crippen LogP contribution in [0.2, 0.25) is 0 Å². The SMILES string of the molecule is OC(c1cccc(Br)c1F)C(O)C1CCCCC1. The monoisotopic (exact) mass is 316 g/mol. The zero-order valence-electron chi connectivity index (χ0n) is 10.1. The number of rotatable bonds is 3. The van der Waals surface area contributed by atoms with Gasteiger partial charge in [0.15, 0.2) is 0 Å². The van der Waals surface area contributed by atoms with Gasteiger partial charge in [0.1, 0.15) is 11.9 Å². The van der Waals surface area contributed by atoms with Gasteiger partial charge in [0.05, 0.1) is 10.6 Å². The van der Waals surface area contributed by atoms with E-state index in [2.05, 4.69) is 15.9 Å². The van der Waals surface area contributed by atoms with E-state index in [0.717, 1.165) is 25.7 Å². The van der Waals surface area contributed by atoms with Crippen molar-refractivity contribution in [3.8, 4) is 0 Å². The molecule has 1 aliphatic rings. The molecule has 0 heterocycles. The van der Waals surface area contributed by atoms with Crippen molar-refractivity contribution in [2.24, 2.45) is 5.92 Å². The minimum Gasteiger partial charge on any atom is -0.390 e. The number of hydrogen-bond acceptors (Lipinski definition) is 2. The number of benzene rings is 1. The maximum Gasteiger partial charge on any atom is 0.143 e. The molecule has 0 aliphatic heterocycles. The van der Waals surface area contributed by atoms with Crippen molar-refractivity contribution in [1.29, 1.82) is 0 Å². The molecule has 1 fully saturated rings. The second kappa shape index (κ2) is 6.13. The summed E-state index contributed by atoms with van der Waals surface area (Å²) in [4.78, 5) is 0. The van der Waals surface area contributed by atoms with Gasteiger partial charge in [-0.1, -0.05) is 31.4 Å². The molecule has 2 atom stereocenters. The Balaban J connectivity index is 2.14. The molecule has 100 valence electrons. The first-order chi connectivity index (χ1) is 8.61. The fourth-order valence-electron chi connectivity index (χ4n) is 2.67. The average Bonchev–Trinajstić information content (AvgIpc) is 2.41. The molecule has 1 aromatic carbocycles. The summed E-state index contributed by atoms with van der Waals surface area (Å²) in [6.07, 6.45) is 3.14. The van der Waals surface area contributed by atoms with Gasteiger partial charge in [0.25, 0.3) is 0 Å². The summed E-state index contributed by atoms with van der Waals surface area (Å²) in [6.45, 7) is 0. The standard InChI is InChI=1S/C14H18BrFO2/c15-11-8-4-7-10(12(11)16)14(18)13(17)9-5-2-1-3-6-9/h4,7-9,13-14,17-18H,1-3,5-6H2. The highest BCUT2D eigenvalue weighted by molar-refractivity contribution is 9.10. The number of aliphatic hydroxyl groups excluding tert-OH is 2. The van der Waals surface area contributed by atoms with Crippen LogP contribution in [-0.4, -0.2) is 16.3 Å². The second-order valence-corrected chi connectivity index (χ2v) is 5.83. The van der Waals surface area contributed by atoms with Crippen molar-refractivity contribution < 1.29 is 14.6 Å². The lowest BCUT2D eigenvalue weighted by Gasteiger charge is -2.30. The maximum absolute atomic E-state index is 13.9. The van der Waals surface area contributed by atoms with Crippen LogP contribution in [0.5, 0.6) is 0 Å². The molecule has 1 aromatic rings. The lowest BCUT2D eigenvalue weighted by Crippen LogP contribution is -2.29. The minimum absolute atomic E-state index is 0.0760. The van der Waals surface area contributed by atoms with E-state index < -0.39 is 18.0 Å². The van der Waals surface area contributed by atoms with Crippen LogP contribution in [0.3, 0.4) is 0 Å². The van der Waals surface area contributed by atoms with Gasteiger partial charge in [0.2, 0.25) is 0 Å². The molecule has 0 bridgehead atoms. The predicted molar refractivity (Wildman–Crippen MR) is 71.6 cm³/mol. The van der Waals surface area contributed by atoms with Crippen molar-refractivity contribution in [2.45, 2.75) is 44.3 Å². The van der Waals surface area contributed by atoms with Gasteiger partial charge in [-0.2, -0.15) is 0 Å². The molecule has 18 heavy (non-hydrogen) atoms. The third-order valence-electron chi connectivity index (χ3n) is 3.76. The Morgan fingerprint density at radius 1 is 1.17 bits per heavy atom. The highest BCUT2D eigenvalue weighted by Gasteiger charge is 2.30. The number of aliphatic hydroxyl groups is 2. The van der Waals surface area contributed by atoms with E-state index in [4.69, 9.17) is 0 Å². The maximum atomic E-state index is 13.9. The van der Waals surface area contributed by atoms with Crippen LogP contribution in [0.4, 0.5) is 4.39 Å².